The van der Waals surface area contributed by atoms with Crippen LogP contribution in [0.5, 0.6) is 5.75 Å². The number of methoxy groups -OCH3 is 1. The van der Waals surface area contributed by atoms with Gasteiger partial charge in [-0.2, -0.15) is 0 Å². The summed E-state index contributed by atoms with van der Waals surface area (Å²) >= 11 is 7.35. The molecule has 1 aromatic heterocycles. The first-order valence-electron chi connectivity index (χ1n) is 10.7. The number of nitrogens with zero attached hydrogens (tertiary/aromatic N) is 2. The zero-order valence-electron chi connectivity index (χ0n) is 19.1. The van der Waals surface area contributed by atoms with Gasteiger partial charge in [-0.25, -0.2) is 4.98 Å². The van der Waals surface area contributed by atoms with Crippen molar-refractivity contribution in [1.29, 1.82) is 0 Å². The van der Waals surface area contributed by atoms with E-state index in [1.807, 2.05) is 26.0 Å². The van der Waals surface area contributed by atoms with Crippen molar-refractivity contribution in [2.75, 3.05) is 19.0 Å². The first kappa shape index (κ1) is 25.1. The summed E-state index contributed by atoms with van der Waals surface area (Å²) in [4.78, 5) is 30.8. The highest BCUT2D eigenvalue weighted by molar-refractivity contribution is 8.00. The van der Waals surface area contributed by atoms with E-state index in [0.29, 0.717) is 52.1 Å². The number of nitrogens with one attached hydrogen (secondary N) is 1. The molecule has 1 atom stereocenters. The van der Waals surface area contributed by atoms with Crippen LogP contribution in [0.2, 0.25) is 5.02 Å². The standard InChI is InChI=1S/C24H28ClN3O4S/c1-15(2)32-13-7-12-28-23(30)18-11-10-17(25)14-20(18)27-24(28)33-16(3)22(29)26-19-8-5-6-9-21(19)31-4/h5-6,8-11,14-16H,7,12-13H2,1-4H3,(H,26,29). The summed E-state index contributed by atoms with van der Waals surface area (Å²) in [7, 11) is 1.55. The third-order valence-corrected chi connectivity index (χ3v) is 6.20. The Labute approximate surface area is 202 Å². The number of anilines is 1. The van der Waals surface area contributed by atoms with Crippen molar-refractivity contribution in [2.45, 2.75) is 50.2 Å². The van der Waals surface area contributed by atoms with Crippen LogP contribution in [0.15, 0.2) is 52.4 Å². The van der Waals surface area contributed by atoms with Gasteiger partial charge >= 0.3 is 0 Å². The molecule has 0 radical (unpaired) electrons. The minimum atomic E-state index is -0.517. The smallest absolute Gasteiger partial charge is 0.262 e. The number of para-hydroxylation sites is 2. The van der Waals surface area contributed by atoms with Crippen molar-refractivity contribution in [2.24, 2.45) is 0 Å². The van der Waals surface area contributed by atoms with Gasteiger partial charge < -0.3 is 14.8 Å². The molecule has 1 unspecified atom stereocenters. The summed E-state index contributed by atoms with van der Waals surface area (Å²) in [5.41, 5.74) is 0.919. The molecule has 1 amide bonds. The number of ether oxygens (including phenoxy) is 2. The second kappa shape index (κ2) is 11.5. The van der Waals surface area contributed by atoms with E-state index in [1.54, 1.807) is 48.9 Å². The van der Waals surface area contributed by atoms with Gasteiger partial charge in [-0.3, -0.25) is 14.2 Å². The van der Waals surface area contributed by atoms with E-state index in [4.69, 9.17) is 21.1 Å². The third kappa shape index (κ3) is 6.50. The summed E-state index contributed by atoms with van der Waals surface area (Å²) in [6, 6.07) is 12.2. The Hall–Kier alpha value is -2.55. The van der Waals surface area contributed by atoms with Gasteiger partial charge in [-0.05, 0) is 57.5 Å². The van der Waals surface area contributed by atoms with Crippen LogP contribution in [0.25, 0.3) is 10.9 Å². The number of aromatic nitrogens is 2. The summed E-state index contributed by atoms with van der Waals surface area (Å²) in [5, 5.41) is 3.81. The number of halogens is 1. The van der Waals surface area contributed by atoms with Crippen molar-refractivity contribution in [3.8, 4) is 5.75 Å². The van der Waals surface area contributed by atoms with Gasteiger partial charge in [0, 0.05) is 18.2 Å². The van der Waals surface area contributed by atoms with Crippen molar-refractivity contribution in [1.82, 2.24) is 9.55 Å². The van der Waals surface area contributed by atoms with Gasteiger partial charge in [-0.15, -0.1) is 0 Å². The van der Waals surface area contributed by atoms with Crippen molar-refractivity contribution >= 4 is 45.9 Å². The Morgan fingerprint density at radius 2 is 1.97 bits per heavy atom. The van der Waals surface area contributed by atoms with E-state index in [0.717, 1.165) is 0 Å². The number of thioether (sulfide) groups is 1. The molecule has 0 bridgehead atoms. The molecule has 3 aromatic rings. The maximum atomic E-state index is 13.2. The highest BCUT2D eigenvalue weighted by Gasteiger charge is 2.20. The number of rotatable bonds is 10. The SMILES string of the molecule is COc1ccccc1NC(=O)C(C)Sc1nc2cc(Cl)ccc2c(=O)n1CCCOC(C)C. The summed E-state index contributed by atoms with van der Waals surface area (Å²) < 4.78 is 12.5. The lowest BCUT2D eigenvalue weighted by atomic mass is 10.2. The predicted octanol–water partition coefficient (Wildman–Crippen LogP) is 4.99. The Morgan fingerprint density at radius 3 is 2.70 bits per heavy atom. The quantitative estimate of drug-likeness (QED) is 0.245. The molecule has 1 N–H and O–H groups in total. The molecule has 1 heterocycles. The number of amides is 1. The minimum absolute atomic E-state index is 0.117. The highest BCUT2D eigenvalue weighted by atomic mass is 35.5. The number of benzene rings is 2. The summed E-state index contributed by atoms with van der Waals surface area (Å²) in [5.74, 6) is 0.350. The monoisotopic (exact) mass is 489 g/mol. The van der Waals surface area contributed by atoms with Gasteiger partial charge in [0.05, 0.1) is 35.1 Å². The van der Waals surface area contributed by atoms with Gasteiger partial charge in [0.25, 0.3) is 5.56 Å². The highest BCUT2D eigenvalue weighted by Crippen LogP contribution is 2.27. The van der Waals surface area contributed by atoms with Crippen molar-refractivity contribution in [3.63, 3.8) is 0 Å². The Bertz CT molecular complexity index is 1180. The second-order valence-corrected chi connectivity index (χ2v) is 9.48. The van der Waals surface area contributed by atoms with Crippen LogP contribution in [0.4, 0.5) is 5.69 Å². The summed E-state index contributed by atoms with van der Waals surface area (Å²) in [6.07, 6.45) is 0.764. The first-order chi connectivity index (χ1) is 15.8. The minimum Gasteiger partial charge on any atom is -0.495 e. The van der Waals surface area contributed by atoms with Gasteiger partial charge in [0.2, 0.25) is 5.91 Å². The van der Waals surface area contributed by atoms with E-state index in [2.05, 4.69) is 10.3 Å². The van der Waals surface area contributed by atoms with Crippen LogP contribution >= 0.6 is 23.4 Å². The predicted molar refractivity (Wildman–Crippen MR) is 134 cm³/mol. The Morgan fingerprint density at radius 1 is 1.21 bits per heavy atom. The van der Waals surface area contributed by atoms with Gasteiger partial charge in [0.15, 0.2) is 5.16 Å². The number of hydrogen-bond acceptors (Lipinski definition) is 6. The molecule has 2 aromatic carbocycles. The molecule has 0 saturated heterocycles. The van der Waals surface area contributed by atoms with E-state index in [9.17, 15) is 9.59 Å². The Kier molecular flexibility index (Phi) is 8.77. The van der Waals surface area contributed by atoms with E-state index >= 15 is 0 Å². The molecule has 0 saturated carbocycles. The number of hydrogen-bond donors (Lipinski definition) is 1. The van der Waals surface area contributed by atoms with Crippen LogP contribution in [-0.4, -0.2) is 40.5 Å². The van der Waals surface area contributed by atoms with Gasteiger partial charge in [0.1, 0.15) is 5.75 Å². The lowest BCUT2D eigenvalue weighted by Crippen LogP contribution is -2.27. The van der Waals surface area contributed by atoms with Crippen molar-refractivity contribution < 1.29 is 14.3 Å². The van der Waals surface area contributed by atoms with Crippen LogP contribution in [-0.2, 0) is 16.1 Å². The average molecular weight is 490 g/mol. The number of carbonyl (C=O) groups excluding carboxylic acids is 1. The maximum Gasteiger partial charge on any atom is 0.262 e. The molecule has 0 aliphatic carbocycles. The molecule has 7 nitrogen and oxygen atoms in total. The first-order valence-corrected chi connectivity index (χ1v) is 12.0. The zero-order chi connectivity index (χ0) is 24.0. The number of fused-ring (bicyclic) bond motifs is 1. The van der Waals surface area contributed by atoms with Crippen LogP contribution < -0.4 is 15.6 Å². The Balaban J connectivity index is 1.86. The molecular weight excluding hydrogens is 462 g/mol. The zero-order valence-corrected chi connectivity index (χ0v) is 20.7. The van der Waals surface area contributed by atoms with Gasteiger partial charge in [-0.1, -0.05) is 35.5 Å². The van der Waals surface area contributed by atoms with Crippen LogP contribution in [0.3, 0.4) is 0 Å². The molecule has 0 fully saturated rings. The largest absolute Gasteiger partial charge is 0.495 e. The molecule has 33 heavy (non-hydrogen) atoms. The second-order valence-electron chi connectivity index (χ2n) is 7.74. The lowest BCUT2D eigenvalue weighted by molar-refractivity contribution is -0.115. The fourth-order valence-electron chi connectivity index (χ4n) is 3.20. The normalized spacial score (nSPS) is 12.2. The van der Waals surface area contributed by atoms with E-state index in [1.165, 1.54) is 11.8 Å². The topological polar surface area (TPSA) is 82.5 Å². The molecular formula is C24H28ClN3O4S. The molecule has 0 spiro atoms. The van der Waals surface area contributed by atoms with Crippen LogP contribution in [0.1, 0.15) is 27.2 Å². The molecule has 9 heteroatoms. The number of carbonyl (C=O) groups is 1. The van der Waals surface area contributed by atoms with Crippen LogP contribution in [0, 0.1) is 0 Å². The molecule has 3 rings (SSSR count). The molecule has 0 aliphatic rings. The third-order valence-electron chi connectivity index (χ3n) is 4.88. The fraction of sp³-hybridized carbons (Fsp3) is 0.375. The maximum absolute atomic E-state index is 13.2. The van der Waals surface area contributed by atoms with E-state index in [-0.39, 0.29) is 17.6 Å². The average Bonchev–Trinajstić information content (AvgIpc) is 2.78. The summed E-state index contributed by atoms with van der Waals surface area (Å²) in [6.45, 7) is 6.67. The molecule has 176 valence electrons. The van der Waals surface area contributed by atoms with E-state index < -0.39 is 5.25 Å². The lowest BCUT2D eigenvalue weighted by Gasteiger charge is -2.17. The molecule has 0 aliphatic heterocycles. The fourth-order valence-corrected chi connectivity index (χ4v) is 4.30. The van der Waals surface area contributed by atoms with Crippen molar-refractivity contribution in [3.05, 3.63) is 57.8 Å².